The Morgan fingerprint density at radius 3 is 1.22 bits per heavy atom. The zero-order chi connectivity index (χ0) is 23.1. The molecule has 172 valence electrons. The van der Waals surface area contributed by atoms with Crippen molar-refractivity contribution >= 4 is 11.9 Å². The van der Waals surface area contributed by atoms with Crippen molar-refractivity contribution in [2.75, 3.05) is 0 Å². The fourth-order valence-corrected chi connectivity index (χ4v) is 3.59. The van der Waals surface area contributed by atoms with E-state index in [-0.39, 0.29) is 36.4 Å². The lowest BCUT2D eigenvalue weighted by molar-refractivity contribution is -0.0108. The Hall–Kier alpha value is -3.02. The van der Waals surface area contributed by atoms with Crippen molar-refractivity contribution in [3.05, 3.63) is 59.7 Å². The molecular formula is C26H32O6. The molecule has 0 N–H and O–H groups in total. The van der Waals surface area contributed by atoms with Crippen LogP contribution >= 0.6 is 0 Å². The zero-order valence-corrected chi connectivity index (χ0v) is 19.2. The van der Waals surface area contributed by atoms with Crippen LogP contribution in [-0.4, -0.2) is 36.4 Å². The van der Waals surface area contributed by atoms with E-state index in [2.05, 4.69) is 0 Å². The standard InChI is InChI=1S/C26H32O6/c1-17(2)29-21-9-5-19(6-10-21)25(27)31-23-13-15-24(16-14-23)32-26(28)20-7-11-22(12-8-20)30-18(3)4/h5-12,17-18,23-24H,13-16H2,1-4H3. The number of carbonyl (C=O) groups is 2. The number of rotatable bonds is 8. The summed E-state index contributed by atoms with van der Waals surface area (Å²) in [6.07, 6.45) is 2.48. The average Bonchev–Trinajstić information content (AvgIpc) is 2.75. The Morgan fingerprint density at radius 2 is 0.938 bits per heavy atom. The lowest BCUT2D eigenvalue weighted by Gasteiger charge is -2.28. The Kier molecular flexibility index (Phi) is 8.14. The van der Waals surface area contributed by atoms with Gasteiger partial charge < -0.3 is 18.9 Å². The van der Waals surface area contributed by atoms with Crippen molar-refractivity contribution in [1.82, 2.24) is 0 Å². The van der Waals surface area contributed by atoms with Crippen LogP contribution in [0.1, 0.15) is 74.1 Å². The summed E-state index contributed by atoms with van der Waals surface area (Å²) in [7, 11) is 0. The molecule has 6 heteroatoms. The molecule has 32 heavy (non-hydrogen) atoms. The second-order valence-corrected chi connectivity index (χ2v) is 8.59. The lowest BCUT2D eigenvalue weighted by atomic mass is 9.95. The smallest absolute Gasteiger partial charge is 0.338 e. The molecule has 1 fully saturated rings. The van der Waals surface area contributed by atoms with Crippen molar-refractivity contribution in [3.63, 3.8) is 0 Å². The van der Waals surface area contributed by atoms with Crippen molar-refractivity contribution in [2.24, 2.45) is 0 Å². The highest BCUT2D eigenvalue weighted by Gasteiger charge is 2.27. The van der Waals surface area contributed by atoms with E-state index in [0.29, 0.717) is 36.8 Å². The molecular weight excluding hydrogens is 408 g/mol. The molecule has 0 unspecified atom stereocenters. The van der Waals surface area contributed by atoms with Gasteiger partial charge in [0.2, 0.25) is 0 Å². The maximum atomic E-state index is 12.4. The predicted molar refractivity (Wildman–Crippen MR) is 121 cm³/mol. The van der Waals surface area contributed by atoms with Gasteiger partial charge in [0, 0.05) is 0 Å². The SMILES string of the molecule is CC(C)Oc1ccc(C(=O)OC2CCC(OC(=O)c3ccc(OC(C)C)cc3)CC2)cc1. The van der Waals surface area contributed by atoms with Crippen LogP contribution in [0.25, 0.3) is 0 Å². The first-order valence-electron chi connectivity index (χ1n) is 11.3. The van der Waals surface area contributed by atoms with Crippen LogP contribution in [0.3, 0.4) is 0 Å². The second-order valence-electron chi connectivity index (χ2n) is 8.59. The van der Waals surface area contributed by atoms with Gasteiger partial charge in [-0.1, -0.05) is 0 Å². The molecule has 0 saturated heterocycles. The maximum Gasteiger partial charge on any atom is 0.338 e. The Morgan fingerprint density at radius 1 is 0.625 bits per heavy atom. The van der Waals surface area contributed by atoms with Crippen molar-refractivity contribution in [2.45, 2.75) is 77.8 Å². The first-order valence-corrected chi connectivity index (χ1v) is 11.3. The summed E-state index contributed by atoms with van der Waals surface area (Å²) in [5.74, 6) is 0.761. The van der Waals surface area contributed by atoms with Gasteiger partial charge in [-0.25, -0.2) is 9.59 Å². The minimum atomic E-state index is -0.342. The van der Waals surface area contributed by atoms with Gasteiger partial charge in [-0.2, -0.15) is 0 Å². The molecule has 0 aliphatic heterocycles. The van der Waals surface area contributed by atoms with Gasteiger partial charge in [0.15, 0.2) is 0 Å². The number of ether oxygens (including phenoxy) is 4. The van der Waals surface area contributed by atoms with Gasteiger partial charge in [0.1, 0.15) is 23.7 Å². The van der Waals surface area contributed by atoms with Crippen molar-refractivity contribution in [1.29, 1.82) is 0 Å². The summed E-state index contributed by atoms with van der Waals surface area (Å²) in [4.78, 5) is 24.9. The molecule has 3 rings (SSSR count). The largest absolute Gasteiger partial charge is 0.491 e. The van der Waals surface area contributed by atoms with Gasteiger partial charge >= 0.3 is 11.9 Å². The van der Waals surface area contributed by atoms with Gasteiger partial charge in [-0.15, -0.1) is 0 Å². The number of hydrogen-bond acceptors (Lipinski definition) is 6. The van der Waals surface area contributed by atoms with Crippen LogP contribution in [-0.2, 0) is 9.47 Å². The molecule has 6 nitrogen and oxygen atoms in total. The summed E-state index contributed by atoms with van der Waals surface area (Å²) in [6.45, 7) is 7.81. The van der Waals surface area contributed by atoms with E-state index < -0.39 is 0 Å². The number of carbonyl (C=O) groups excluding carboxylic acids is 2. The molecule has 0 atom stereocenters. The average molecular weight is 441 g/mol. The molecule has 1 aliphatic rings. The van der Waals surface area contributed by atoms with Crippen LogP contribution in [0, 0.1) is 0 Å². The topological polar surface area (TPSA) is 71.1 Å². The van der Waals surface area contributed by atoms with E-state index in [0.717, 1.165) is 11.5 Å². The lowest BCUT2D eigenvalue weighted by Crippen LogP contribution is -2.29. The Labute approximate surface area is 189 Å². The molecule has 1 aliphatic carbocycles. The highest BCUT2D eigenvalue weighted by Crippen LogP contribution is 2.26. The minimum absolute atomic E-state index is 0.0790. The molecule has 2 aromatic carbocycles. The molecule has 0 spiro atoms. The molecule has 2 aromatic rings. The molecule has 0 bridgehead atoms. The van der Waals surface area contributed by atoms with Gasteiger partial charge in [0.25, 0.3) is 0 Å². The predicted octanol–water partition coefficient (Wildman–Crippen LogP) is 5.59. The molecule has 0 amide bonds. The number of esters is 2. The zero-order valence-electron chi connectivity index (χ0n) is 19.2. The van der Waals surface area contributed by atoms with Crippen LogP contribution in [0.5, 0.6) is 11.5 Å². The molecule has 0 radical (unpaired) electrons. The van der Waals surface area contributed by atoms with E-state index in [9.17, 15) is 9.59 Å². The first-order chi connectivity index (χ1) is 15.3. The van der Waals surface area contributed by atoms with Gasteiger partial charge in [0.05, 0.1) is 23.3 Å². The quantitative estimate of drug-likeness (QED) is 0.499. The highest BCUT2D eigenvalue weighted by atomic mass is 16.6. The third-order valence-electron chi connectivity index (χ3n) is 5.09. The fourth-order valence-electron chi connectivity index (χ4n) is 3.59. The van der Waals surface area contributed by atoms with Crippen LogP contribution < -0.4 is 9.47 Å². The molecule has 0 heterocycles. The van der Waals surface area contributed by atoms with Crippen molar-refractivity contribution < 1.29 is 28.5 Å². The van der Waals surface area contributed by atoms with Crippen LogP contribution in [0.2, 0.25) is 0 Å². The Balaban J connectivity index is 1.43. The number of hydrogen-bond donors (Lipinski definition) is 0. The molecule has 1 saturated carbocycles. The molecule has 0 aromatic heterocycles. The first kappa shape index (κ1) is 23.6. The Bertz CT molecular complexity index is 802. The van der Waals surface area contributed by atoms with Gasteiger partial charge in [-0.05, 0) is 102 Å². The summed E-state index contributed by atoms with van der Waals surface area (Å²) in [6, 6.07) is 13.9. The highest BCUT2D eigenvalue weighted by molar-refractivity contribution is 5.90. The maximum absolute atomic E-state index is 12.4. The third kappa shape index (κ3) is 7.01. The van der Waals surface area contributed by atoms with E-state index in [4.69, 9.17) is 18.9 Å². The summed E-state index contributed by atoms with van der Waals surface area (Å²) < 4.78 is 22.5. The fraction of sp³-hybridized carbons (Fsp3) is 0.462. The van der Waals surface area contributed by atoms with E-state index in [1.54, 1.807) is 48.5 Å². The second kappa shape index (κ2) is 11.0. The van der Waals surface area contributed by atoms with Crippen LogP contribution in [0.4, 0.5) is 0 Å². The monoisotopic (exact) mass is 440 g/mol. The summed E-state index contributed by atoms with van der Waals surface area (Å²) in [5, 5.41) is 0. The van der Waals surface area contributed by atoms with E-state index in [1.807, 2.05) is 27.7 Å². The summed E-state index contributed by atoms with van der Waals surface area (Å²) >= 11 is 0. The number of benzene rings is 2. The van der Waals surface area contributed by atoms with Crippen LogP contribution in [0.15, 0.2) is 48.5 Å². The van der Waals surface area contributed by atoms with Crippen molar-refractivity contribution in [3.8, 4) is 11.5 Å². The van der Waals surface area contributed by atoms with Gasteiger partial charge in [-0.3, -0.25) is 0 Å². The normalized spacial score (nSPS) is 18.3. The van der Waals surface area contributed by atoms with E-state index >= 15 is 0 Å². The minimum Gasteiger partial charge on any atom is -0.491 e. The third-order valence-corrected chi connectivity index (χ3v) is 5.09. The summed E-state index contributed by atoms with van der Waals surface area (Å²) in [5.41, 5.74) is 0.999. The van der Waals surface area contributed by atoms with E-state index in [1.165, 1.54) is 0 Å².